The lowest BCUT2D eigenvalue weighted by molar-refractivity contribution is -0.117. The van der Waals surface area contributed by atoms with Gasteiger partial charge in [-0.1, -0.05) is 18.2 Å². The van der Waals surface area contributed by atoms with Crippen LogP contribution >= 0.6 is 0 Å². The first kappa shape index (κ1) is 10.1. The van der Waals surface area contributed by atoms with Crippen molar-refractivity contribution < 1.29 is 9.90 Å². The molecule has 0 fully saturated rings. The zero-order valence-electron chi connectivity index (χ0n) is 8.44. The number of amides is 1. The number of aliphatic hydroxyl groups is 1. The number of hydrogen-bond donors (Lipinski definition) is 2. The average Bonchev–Trinajstić information content (AvgIpc) is 2.40. The highest BCUT2D eigenvalue weighted by atomic mass is 16.3. The summed E-state index contributed by atoms with van der Waals surface area (Å²) in [5, 5.41) is 12.0. The van der Waals surface area contributed by atoms with Crippen molar-refractivity contribution in [3.8, 4) is 0 Å². The molecule has 1 amide bonds. The van der Waals surface area contributed by atoms with E-state index in [-0.39, 0.29) is 12.5 Å². The first-order chi connectivity index (χ1) is 7.33. The number of carbonyl (C=O) groups is 1. The van der Waals surface area contributed by atoms with Gasteiger partial charge in [0, 0.05) is 18.8 Å². The third kappa shape index (κ3) is 2.00. The molecule has 2 N–H and O–H groups in total. The van der Waals surface area contributed by atoms with Crippen LogP contribution in [-0.4, -0.2) is 30.7 Å². The molecular formula is C11H14N2O2. The van der Waals surface area contributed by atoms with Crippen LogP contribution in [0.25, 0.3) is 0 Å². The predicted octanol–water partition coefficient (Wildman–Crippen LogP) is 0.115. The Labute approximate surface area is 88.5 Å². The third-order valence-electron chi connectivity index (χ3n) is 2.50. The Morgan fingerprint density at radius 2 is 2.13 bits per heavy atom. The van der Waals surface area contributed by atoms with Crippen LogP contribution in [0.1, 0.15) is 5.56 Å². The maximum absolute atomic E-state index is 11.7. The smallest absolute Gasteiger partial charge is 0.241 e. The van der Waals surface area contributed by atoms with E-state index >= 15 is 0 Å². The van der Waals surface area contributed by atoms with Crippen molar-refractivity contribution in [1.82, 2.24) is 5.32 Å². The number of hydrogen-bond acceptors (Lipinski definition) is 3. The molecule has 1 aliphatic rings. The van der Waals surface area contributed by atoms with Gasteiger partial charge in [0.1, 0.15) is 0 Å². The molecule has 1 aromatic carbocycles. The molecule has 0 saturated heterocycles. The minimum absolute atomic E-state index is 0.00833. The lowest BCUT2D eigenvalue weighted by atomic mass is 10.1. The molecule has 0 saturated carbocycles. The monoisotopic (exact) mass is 206 g/mol. The lowest BCUT2D eigenvalue weighted by Crippen LogP contribution is -2.37. The Hall–Kier alpha value is -1.39. The summed E-state index contributed by atoms with van der Waals surface area (Å²) in [6.07, 6.45) is 0. The van der Waals surface area contributed by atoms with E-state index in [0.717, 1.165) is 11.3 Å². The van der Waals surface area contributed by atoms with E-state index in [2.05, 4.69) is 5.32 Å². The summed E-state index contributed by atoms with van der Waals surface area (Å²) in [6.45, 7) is 1.37. The number of rotatable bonds is 2. The van der Waals surface area contributed by atoms with E-state index in [4.69, 9.17) is 5.11 Å². The van der Waals surface area contributed by atoms with Gasteiger partial charge >= 0.3 is 0 Å². The van der Waals surface area contributed by atoms with Crippen LogP contribution in [-0.2, 0) is 11.3 Å². The summed E-state index contributed by atoms with van der Waals surface area (Å²) in [6, 6.07) is 7.76. The molecule has 0 aromatic heterocycles. The second-order valence-corrected chi connectivity index (χ2v) is 3.50. The highest BCUT2D eigenvalue weighted by Crippen LogP contribution is 2.21. The van der Waals surface area contributed by atoms with Gasteiger partial charge in [0.2, 0.25) is 5.91 Å². The zero-order chi connectivity index (χ0) is 10.7. The number of fused-ring (bicyclic) bond motifs is 1. The lowest BCUT2D eigenvalue weighted by Gasteiger charge is -2.21. The molecule has 0 aliphatic carbocycles. The number of anilines is 1. The summed E-state index contributed by atoms with van der Waals surface area (Å²) >= 11 is 0. The molecule has 15 heavy (non-hydrogen) atoms. The predicted molar refractivity (Wildman–Crippen MR) is 57.6 cm³/mol. The number of aliphatic hydroxyl groups excluding tert-OH is 1. The van der Waals surface area contributed by atoms with E-state index in [0.29, 0.717) is 19.6 Å². The van der Waals surface area contributed by atoms with E-state index in [1.54, 1.807) is 4.90 Å². The van der Waals surface area contributed by atoms with Gasteiger partial charge < -0.3 is 15.3 Å². The normalized spacial score (nSPS) is 16.1. The van der Waals surface area contributed by atoms with Crippen molar-refractivity contribution in [2.24, 2.45) is 0 Å². The van der Waals surface area contributed by atoms with Gasteiger partial charge in [-0.3, -0.25) is 4.79 Å². The molecular weight excluding hydrogens is 192 g/mol. The second-order valence-electron chi connectivity index (χ2n) is 3.50. The number of β-amino-alcohol motifs (C(OH)–C–C–N with tert-alkyl or cyclic N) is 1. The van der Waals surface area contributed by atoms with Crippen LogP contribution in [0.4, 0.5) is 5.69 Å². The van der Waals surface area contributed by atoms with Crippen LogP contribution in [0.15, 0.2) is 24.3 Å². The molecule has 0 bridgehead atoms. The second kappa shape index (κ2) is 4.42. The van der Waals surface area contributed by atoms with Crippen LogP contribution < -0.4 is 10.2 Å². The molecule has 4 heteroatoms. The highest BCUT2D eigenvalue weighted by molar-refractivity contribution is 5.96. The van der Waals surface area contributed by atoms with E-state index < -0.39 is 0 Å². The van der Waals surface area contributed by atoms with Gasteiger partial charge in [-0.2, -0.15) is 0 Å². The number of carbonyl (C=O) groups excluding carboxylic acids is 1. The maximum Gasteiger partial charge on any atom is 0.241 e. The summed E-state index contributed by atoms with van der Waals surface area (Å²) in [4.78, 5) is 13.4. The number of nitrogens with zero attached hydrogens (tertiary/aromatic N) is 1. The van der Waals surface area contributed by atoms with Crippen molar-refractivity contribution in [1.29, 1.82) is 0 Å². The Bertz CT molecular complexity index is 365. The Kier molecular flexibility index (Phi) is 2.99. The molecule has 2 rings (SSSR count). The van der Waals surface area contributed by atoms with Crippen LogP contribution in [0.5, 0.6) is 0 Å². The van der Waals surface area contributed by atoms with E-state index in [9.17, 15) is 4.79 Å². The summed E-state index contributed by atoms with van der Waals surface area (Å²) in [7, 11) is 0. The Balaban J connectivity index is 2.38. The molecule has 1 aliphatic heterocycles. The maximum atomic E-state index is 11.7. The van der Waals surface area contributed by atoms with Gasteiger partial charge in [0.25, 0.3) is 0 Å². The molecule has 1 heterocycles. The van der Waals surface area contributed by atoms with Gasteiger partial charge in [0.05, 0.1) is 13.2 Å². The number of nitrogens with one attached hydrogen (secondary N) is 1. The quantitative estimate of drug-likeness (QED) is 0.722. The summed E-state index contributed by atoms with van der Waals surface area (Å²) in [5.41, 5.74) is 2.00. The molecule has 4 nitrogen and oxygen atoms in total. The van der Waals surface area contributed by atoms with Crippen molar-refractivity contribution in [3.05, 3.63) is 29.8 Å². The van der Waals surface area contributed by atoms with Gasteiger partial charge in [-0.05, 0) is 11.6 Å². The largest absolute Gasteiger partial charge is 0.395 e. The number of para-hydroxylation sites is 1. The first-order valence-electron chi connectivity index (χ1n) is 5.03. The standard InChI is InChI=1S/C11H14N2O2/c14-6-5-13-10-4-2-1-3-9(10)7-12-8-11(13)15/h1-4,12,14H,5-8H2. The molecule has 0 spiro atoms. The van der Waals surface area contributed by atoms with Crippen molar-refractivity contribution >= 4 is 11.6 Å². The van der Waals surface area contributed by atoms with Crippen LogP contribution in [0, 0.1) is 0 Å². The average molecular weight is 206 g/mol. The SMILES string of the molecule is O=C1CNCc2ccccc2N1CCO. The topological polar surface area (TPSA) is 52.6 Å². The van der Waals surface area contributed by atoms with Gasteiger partial charge in [-0.25, -0.2) is 0 Å². The molecule has 80 valence electrons. The zero-order valence-corrected chi connectivity index (χ0v) is 8.44. The van der Waals surface area contributed by atoms with Crippen molar-refractivity contribution in [2.75, 3.05) is 24.6 Å². The van der Waals surface area contributed by atoms with Crippen molar-refractivity contribution in [3.63, 3.8) is 0 Å². The first-order valence-corrected chi connectivity index (χ1v) is 5.03. The van der Waals surface area contributed by atoms with E-state index in [1.807, 2.05) is 24.3 Å². The fourth-order valence-corrected chi connectivity index (χ4v) is 1.80. The van der Waals surface area contributed by atoms with Gasteiger partial charge in [0.15, 0.2) is 0 Å². The number of benzene rings is 1. The summed E-state index contributed by atoms with van der Waals surface area (Å²) in [5.74, 6) is 0.00833. The molecule has 0 atom stereocenters. The molecule has 0 radical (unpaired) electrons. The third-order valence-corrected chi connectivity index (χ3v) is 2.50. The minimum atomic E-state index is -0.0138. The van der Waals surface area contributed by atoms with Crippen LogP contribution in [0.2, 0.25) is 0 Å². The highest BCUT2D eigenvalue weighted by Gasteiger charge is 2.20. The van der Waals surface area contributed by atoms with E-state index in [1.165, 1.54) is 0 Å². The Morgan fingerprint density at radius 3 is 2.93 bits per heavy atom. The summed E-state index contributed by atoms with van der Waals surface area (Å²) < 4.78 is 0. The van der Waals surface area contributed by atoms with Crippen molar-refractivity contribution in [2.45, 2.75) is 6.54 Å². The fraction of sp³-hybridized carbons (Fsp3) is 0.364. The van der Waals surface area contributed by atoms with Gasteiger partial charge in [-0.15, -0.1) is 0 Å². The Morgan fingerprint density at radius 1 is 1.33 bits per heavy atom. The minimum Gasteiger partial charge on any atom is -0.395 e. The van der Waals surface area contributed by atoms with Crippen LogP contribution in [0.3, 0.4) is 0 Å². The molecule has 0 unspecified atom stereocenters. The molecule has 1 aromatic rings. The fourth-order valence-electron chi connectivity index (χ4n) is 1.80.